The molecule has 0 fully saturated rings. The third-order valence-corrected chi connectivity index (χ3v) is 0.789. The van der Waals surface area contributed by atoms with E-state index in [2.05, 4.69) is 12.1 Å². The maximum absolute atomic E-state index is 2.91. The fraction of sp³-hybridized carbons (Fsp3) is 0.143. The topological polar surface area (TPSA) is 0 Å². The van der Waals surface area contributed by atoms with Gasteiger partial charge in [-0.25, -0.2) is 0 Å². The second-order valence-electron chi connectivity index (χ2n) is 1.51. The van der Waals surface area contributed by atoms with Crippen LogP contribution < -0.4 is 0 Å². The summed E-state index contributed by atoms with van der Waals surface area (Å²) in [6.45, 7) is 2.02. The molecule has 1 aromatic rings. The monoisotopic (exact) mass is 268 g/mol. The molecule has 2 heteroatoms. The molecule has 0 unspecified atom stereocenters. The van der Waals surface area contributed by atoms with E-state index in [1.54, 1.807) is 6.07 Å². The molecule has 0 nitrogen and oxygen atoms in total. The SMILES string of the molecule is Cc1c[c-]c[c-]c1.[Y].[Y]. The Labute approximate surface area is 107 Å². The van der Waals surface area contributed by atoms with E-state index in [0.29, 0.717) is 0 Å². The van der Waals surface area contributed by atoms with Gasteiger partial charge in [0.1, 0.15) is 0 Å². The molecule has 0 aliphatic rings. The van der Waals surface area contributed by atoms with E-state index >= 15 is 0 Å². The Morgan fingerprint density at radius 2 is 1.56 bits per heavy atom. The minimum absolute atomic E-state index is 0. The van der Waals surface area contributed by atoms with E-state index in [0.717, 1.165) is 0 Å². The summed E-state index contributed by atoms with van der Waals surface area (Å²) in [6, 6.07) is 11.4. The number of hydrogen-bond acceptors (Lipinski definition) is 0. The number of benzene rings is 1. The van der Waals surface area contributed by atoms with E-state index in [4.69, 9.17) is 0 Å². The molecule has 1 rings (SSSR count). The Morgan fingerprint density at radius 3 is 1.78 bits per heavy atom. The molecule has 0 amide bonds. The van der Waals surface area contributed by atoms with Crippen molar-refractivity contribution in [1.29, 1.82) is 0 Å². The van der Waals surface area contributed by atoms with Crippen LogP contribution in [0.4, 0.5) is 0 Å². The Kier molecular flexibility index (Phi) is 10.9. The van der Waals surface area contributed by atoms with Gasteiger partial charge in [-0.2, -0.15) is 0 Å². The van der Waals surface area contributed by atoms with Crippen LogP contribution in [-0.4, -0.2) is 0 Å². The minimum atomic E-state index is 0. The van der Waals surface area contributed by atoms with Gasteiger partial charge >= 0.3 is 0 Å². The molecule has 1 aromatic carbocycles. The van der Waals surface area contributed by atoms with Crippen molar-refractivity contribution in [2.24, 2.45) is 0 Å². The minimum Gasteiger partial charge on any atom is -0.359 e. The summed E-state index contributed by atoms with van der Waals surface area (Å²) >= 11 is 0. The van der Waals surface area contributed by atoms with Gasteiger partial charge in [-0.1, -0.05) is 0 Å². The average Bonchev–Trinajstić information content (AvgIpc) is 1.69. The largest absolute Gasteiger partial charge is 0.359 e. The maximum Gasteiger partial charge on any atom is 0 e. The first-order valence-corrected chi connectivity index (χ1v) is 2.23. The molecule has 0 heterocycles. The van der Waals surface area contributed by atoms with Gasteiger partial charge < -0.3 is 18.2 Å². The van der Waals surface area contributed by atoms with Crippen LogP contribution in [0, 0.1) is 19.1 Å². The summed E-state index contributed by atoms with van der Waals surface area (Å²) in [7, 11) is 0. The smallest absolute Gasteiger partial charge is 0 e. The number of rotatable bonds is 0. The van der Waals surface area contributed by atoms with Gasteiger partial charge in [0.2, 0.25) is 0 Å². The Balaban J connectivity index is 0. The number of aryl methyl sites for hydroxylation is 1. The maximum atomic E-state index is 2.91. The number of hydrogen-bond donors (Lipinski definition) is 0. The summed E-state index contributed by atoms with van der Waals surface area (Å²) in [4.78, 5) is 0. The molecular weight excluding hydrogens is 262 g/mol. The second kappa shape index (κ2) is 7.53. The van der Waals surface area contributed by atoms with Gasteiger partial charge in [0.25, 0.3) is 0 Å². The molecule has 0 saturated carbocycles. The van der Waals surface area contributed by atoms with Gasteiger partial charge in [-0.3, -0.25) is 17.7 Å². The molecule has 42 valence electrons. The van der Waals surface area contributed by atoms with Crippen LogP contribution >= 0.6 is 0 Å². The van der Waals surface area contributed by atoms with Crippen LogP contribution in [0.1, 0.15) is 5.56 Å². The summed E-state index contributed by atoms with van der Waals surface area (Å²) in [5.41, 5.74) is 1.21. The van der Waals surface area contributed by atoms with Crippen LogP contribution in [0.3, 0.4) is 0 Å². The van der Waals surface area contributed by atoms with Crippen molar-refractivity contribution in [3.05, 3.63) is 35.9 Å². The summed E-state index contributed by atoms with van der Waals surface area (Å²) < 4.78 is 0. The molecule has 0 aliphatic carbocycles. The van der Waals surface area contributed by atoms with Crippen LogP contribution in [0.5, 0.6) is 0 Å². The molecule has 2 radical (unpaired) electrons. The average molecular weight is 268 g/mol. The van der Waals surface area contributed by atoms with Crippen molar-refractivity contribution in [3.8, 4) is 0 Å². The van der Waals surface area contributed by atoms with E-state index < -0.39 is 0 Å². The Bertz CT molecular complexity index is 137. The van der Waals surface area contributed by atoms with Crippen LogP contribution in [0.2, 0.25) is 0 Å². The zero-order chi connectivity index (χ0) is 5.11. The predicted octanol–water partition coefficient (Wildman–Crippen LogP) is 1.59. The third-order valence-electron chi connectivity index (χ3n) is 0.789. The first-order chi connectivity index (χ1) is 3.39. The summed E-state index contributed by atoms with van der Waals surface area (Å²) in [5, 5.41) is 0. The van der Waals surface area contributed by atoms with E-state index in [-0.39, 0.29) is 65.4 Å². The van der Waals surface area contributed by atoms with Crippen LogP contribution in [-0.2, 0) is 65.4 Å². The van der Waals surface area contributed by atoms with Crippen LogP contribution in [0.15, 0.2) is 18.2 Å². The summed E-state index contributed by atoms with van der Waals surface area (Å²) in [5.74, 6) is 0. The van der Waals surface area contributed by atoms with Gasteiger partial charge in [-0.15, -0.1) is 6.92 Å². The quantitative estimate of drug-likeness (QED) is 0.627. The summed E-state index contributed by atoms with van der Waals surface area (Å²) in [6.07, 6.45) is 0. The molecule has 0 atom stereocenters. The first kappa shape index (κ1) is 13.0. The normalized spacial score (nSPS) is 6.78. The predicted molar refractivity (Wildman–Crippen MR) is 28.9 cm³/mol. The van der Waals surface area contributed by atoms with Crippen molar-refractivity contribution in [1.82, 2.24) is 0 Å². The van der Waals surface area contributed by atoms with Crippen molar-refractivity contribution >= 4 is 0 Å². The molecule has 0 bridgehead atoms. The van der Waals surface area contributed by atoms with Gasteiger partial charge in [0, 0.05) is 65.4 Å². The fourth-order valence-electron chi connectivity index (χ4n) is 0.436. The van der Waals surface area contributed by atoms with Gasteiger partial charge in [0.05, 0.1) is 0 Å². The van der Waals surface area contributed by atoms with Crippen molar-refractivity contribution in [3.63, 3.8) is 0 Å². The van der Waals surface area contributed by atoms with Crippen LogP contribution in [0.25, 0.3) is 0 Å². The second-order valence-corrected chi connectivity index (χ2v) is 1.51. The molecule has 0 saturated heterocycles. The molecule has 0 spiro atoms. The Hall–Kier alpha value is 1.43. The van der Waals surface area contributed by atoms with Gasteiger partial charge in [0.15, 0.2) is 0 Å². The zero-order valence-electron chi connectivity index (χ0n) is 5.39. The standard InChI is InChI=1S/C7H6.2Y/c1-7-5-3-2-4-6-7;;/h2,5-6H,1H3;;/q-2;;. The van der Waals surface area contributed by atoms with E-state index in [1.165, 1.54) is 5.56 Å². The molecule has 0 aliphatic heterocycles. The molecular formula is C7H6Y2-2. The van der Waals surface area contributed by atoms with Crippen molar-refractivity contribution in [2.75, 3.05) is 0 Å². The molecule has 0 N–H and O–H groups in total. The first-order valence-electron chi connectivity index (χ1n) is 2.23. The van der Waals surface area contributed by atoms with E-state index in [1.807, 2.05) is 19.1 Å². The molecule has 0 aromatic heterocycles. The van der Waals surface area contributed by atoms with Crippen molar-refractivity contribution < 1.29 is 65.4 Å². The van der Waals surface area contributed by atoms with Gasteiger partial charge in [-0.05, 0) is 0 Å². The fourth-order valence-corrected chi connectivity index (χ4v) is 0.436. The van der Waals surface area contributed by atoms with Crippen molar-refractivity contribution in [2.45, 2.75) is 6.92 Å². The molecule has 9 heavy (non-hydrogen) atoms. The Morgan fingerprint density at radius 1 is 1.11 bits per heavy atom. The third kappa shape index (κ3) is 5.85. The van der Waals surface area contributed by atoms with E-state index in [9.17, 15) is 0 Å². The zero-order valence-corrected chi connectivity index (χ0v) is 11.1.